The number of amides is 3. The van der Waals surface area contributed by atoms with Gasteiger partial charge < -0.3 is 30.3 Å². The highest BCUT2D eigenvalue weighted by molar-refractivity contribution is 5.99. The topological polar surface area (TPSA) is 94.1 Å². The molecule has 0 bridgehead atoms. The summed E-state index contributed by atoms with van der Waals surface area (Å²) in [5.74, 6) is 0.348. The zero-order valence-electron chi connectivity index (χ0n) is 18.2. The number of anilines is 1. The molecule has 0 spiro atoms. The number of urea groups is 1. The van der Waals surface area contributed by atoms with E-state index in [2.05, 4.69) is 22.5 Å². The van der Waals surface area contributed by atoms with E-state index in [0.717, 1.165) is 0 Å². The molecular weight excluding hydrogens is 372 g/mol. The van der Waals surface area contributed by atoms with Crippen molar-refractivity contribution in [3.63, 3.8) is 0 Å². The van der Waals surface area contributed by atoms with Crippen LogP contribution < -0.4 is 15.4 Å². The van der Waals surface area contributed by atoms with E-state index in [1.807, 2.05) is 34.9 Å². The molecule has 0 saturated carbocycles. The smallest absolute Gasteiger partial charge is 0.319 e. The van der Waals surface area contributed by atoms with Crippen LogP contribution in [0.4, 0.5) is 10.5 Å². The molecule has 0 radical (unpaired) electrons. The number of benzene rings is 1. The van der Waals surface area contributed by atoms with Crippen LogP contribution in [-0.2, 0) is 0 Å². The largest absolute Gasteiger partial charge is 0.488 e. The first-order chi connectivity index (χ1) is 13.6. The van der Waals surface area contributed by atoms with Crippen molar-refractivity contribution in [2.75, 3.05) is 39.1 Å². The van der Waals surface area contributed by atoms with Crippen LogP contribution in [0.5, 0.6) is 5.75 Å². The van der Waals surface area contributed by atoms with Crippen molar-refractivity contribution in [1.29, 1.82) is 0 Å². The zero-order valence-corrected chi connectivity index (χ0v) is 18.2. The maximum atomic E-state index is 13.3. The number of fused-ring (bicyclic) bond motifs is 1. The van der Waals surface area contributed by atoms with Crippen molar-refractivity contribution in [3.8, 4) is 5.75 Å². The summed E-state index contributed by atoms with van der Waals surface area (Å²) in [4.78, 5) is 29.1. The average Bonchev–Trinajstić information content (AvgIpc) is 2.63. The van der Waals surface area contributed by atoms with Crippen LogP contribution in [-0.4, -0.2) is 78.8 Å². The maximum absolute atomic E-state index is 13.3. The lowest BCUT2D eigenvalue weighted by Crippen LogP contribution is -2.49. The molecule has 162 valence electrons. The first kappa shape index (κ1) is 23.0. The Bertz CT molecular complexity index is 723. The normalized spacial score (nSPS) is 20.6. The second-order valence-electron chi connectivity index (χ2n) is 8.35. The number of rotatable bonds is 6. The second-order valence-corrected chi connectivity index (χ2v) is 8.35. The lowest BCUT2D eigenvalue weighted by atomic mass is 9.99. The van der Waals surface area contributed by atoms with Crippen molar-refractivity contribution in [2.45, 2.75) is 45.9 Å². The van der Waals surface area contributed by atoms with E-state index in [1.54, 1.807) is 23.1 Å². The molecule has 1 aromatic rings. The van der Waals surface area contributed by atoms with Crippen LogP contribution in [0.1, 0.15) is 38.1 Å². The Morgan fingerprint density at radius 3 is 2.62 bits per heavy atom. The Morgan fingerprint density at radius 2 is 2.03 bits per heavy atom. The summed E-state index contributed by atoms with van der Waals surface area (Å²) in [6.07, 6.45) is -0.117. The molecule has 3 amide bonds. The van der Waals surface area contributed by atoms with Crippen LogP contribution in [0.15, 0.2) is 18.2 Å². The molecule has 29 heavy (non-hydrogen) atoms. The van der Waals surface area contributed by atoms with Crippen molar-refractivity contribution >= 4 is 17.6 Å². The molecule has 0 unspecified atom stereocenters. The lowest BCUT2D eigenvalue weighted by Gasteiger charge is -2.37. The highest BCUT2D eigenvalue weighted by atomic mass is 16.5. The summed E-state index contributed by atoms with van der Waals surface area (Å²) >= 11 is 0. The van der Waals surface area contributed by atoms with E-state index in [4.69, 9.17) is 4.74 Å². The highest BCUT2D eigenvalue weighted by Gasteiger charge is 2.33. The molecule has 2 rings (SSSR count). The minimum absolute atomic E-state index is 0.00141. The maximum Gasteiger partial charge on any atom is 0.319 e. The fraction of sp³-hybridized carbons (Fsp3) is 0.619. The summed E-state index contributed by atoms with van der Waals surface area (Å²) in [5, 5.41) is 15.2. The van der Waals surface area contributed by atoms with Crippen LogP contribution in [0.25, 0.3) is 0 Å². The number of hydrogen-bond acceptors (Lipinski definition) is 5. The number of nitrogens with zero attached hydrogens (tertiary/aromatic N) is 2. The predicted molar refractivity (Wildman–Crippen MR) is 113 cm³/mol. The fourth-order valence-corrected chi connectivity index (χ4v) is 3.31. The lowest BCUT2D eigenvalue weighted by molar-refractivity contribution is 0.0363. The number of nitrogens with one attached hydrogen (secondary N) is 2. The SMILES string of the molecule is CC(C)NC(=O)Nc1ccc2c(c1)C(=O)N([C@H](C)CO)C[C@H](C)[C@@H](CN(C)C)O2. The van der Waals surface area contributed by atoms with E-state index < -0.39 is 0 Å². The minimum atomic E-state index is -0.334. The van der Waals surface area contributed by atoms with E-state index in [9.17, 15) is 14.7 Å². The summed E-state index contributed by atoms with van der Waals surface area (Å²) in [6.45, 7) is 8.68. The Balaban J connectivity index is 2.41. The standard InChI is InChI=1S/C21H34N4O4/c1-13(2)22-21(28)23-16-7-8-18-17(9-16)20(27)25(15(4)12-26)10-14(3)19(29-18)11-24(5)6/h7-9,13-15,19,26H,10-12H2,1-6H3,(H2,22,23,28)/t14-,15+,19+/m0/s1. The van der Waals surface area contributed by atoms with Gasteiger partial charge in [0.1, 0.15) is 11.9 Å². The van der Waals surface area contributed by atoms with Crippen molar-refractivity contribution in [2.24, 2.45) is 5.92 Å². The molecule has 3 N–H and O–H groups in total. The quantitative estimate of drug-likeness (QED) is 0.672. The fourth-order valence-electron chi connectivity index (χ4n) is 3.31. The minimum Gasteiger partial charge on any atom is -0.488 e. The Hall–Kier alpha value is -2.32. The summed E-state index contributed by atoms with van der Waals surface area (Å²) in [7, 11) is 3.96. The molecular formula is C21H34N4O4. The van der Waals surface area contributed by atoms with Gasteiger partial charge in [0.05, 0.1) is 18.2 Å². The number of ether oxygens (including phenoxy) is 1. The van der Waals surface area contributed by atoms with Gasteiger partial charge in [-0.3, -0.25) is 4.79 Å². The first-order valence-electron chi connectivity index (χ1n) is 10.1. The van der Waals surface area contributed by atoms with Gasteiger partial charge in [0, 0.05) is 30.7 Å². The van der Waals surface area contributed by atoms with Gasteiger partial charge in [-0.15, -0.1) is 0 Å². The zero-order chi connectivity index (χ0) is 21.7. The molecule has 1 heterocycles. The third kappa shape index (κ3) is 6.08. The second kappa shape index (κ2) is 9.93. The van der Waals surface area contributed by atoms with Crippen LogP contribution in [0, 0.1) is 5.92 Å². The highest BCUT2D eigenvalue weighted by Crippen LogP contribution is 2.30. The van der Waals surface area contributed by atoms with Crippen LogP contribution in [0.3, 0.4) is 0 Å². The Morgan fingerprint density at radius 1 is 1.34 bits per heavy atom. The van der Waals surface area contributed by atoms with E-state index in [0.29, 0.717) is 30.1 Å². The average molecular weight is 407 g/mol. The van der Waals surface area contributed by atoms with Gasteiger partial charge in [0.2, 0.25) is 0 Å². The summed E-state index contributed by atoms with van der Waals surface area (Å²) in [6, 6.07) is 4.43. The van der Waals surface area contributed by atoms with Crippen LogP contribution >= 0.6 is 0 Å². The van der Waals surface area contributed by atoms with Crippen molar-refractivity contribution in [3.05, 3.63) is 23.8 Å². The monoisotopic (exact) mass is 406 g/mol. The summed E-state index contributed by atoms with van der Waals surface area (Å²) < 4.78 is 6.24. The van der Waals surface area contributed by atoms with Gasteiger partial charge >= 0.3 is 6.03 Å². The number of carbonyl (C=O) groups excluding carboxylic acids is 2. The molecule has 1 aliphatic rings. The Kier molecular flexibility index (Phi) is 7.87. The molecule has 0 fully saturated rings. The third-order valence-corrected chi connectivity index (χ3v) is 4.89. The van der Waals surface area contributed by atoms with Crippen LogP contribution in [0.2, 0.25) is 0 Å². The van der Waals surface area contributed by atoms with Gasteiger partial charge in [0.25, 0.3) is 5.91 Å². The van der Waals surface area contributed by atoms with Gasteiger partial charge in [0.15, 0.2) is 0 Å². The summed E-state index contributed by atoms with van der Waals surface area (Å²) in [5.41, 5.74) is 0.886. The van der Waals surface area contributed by atoms with Gasteiger partial charge in [-0.2, -0.15) is 0 Å². The molecule has 8 heteroatoms. The van der Waals surface area contributed by atoms with E-state index in [1.165, 1.54) is 0 Å². The van der Waals surface area contributed by atoms with E-state index >= 15 is 0 Å². The number of likely N-dealkylation sites (N-methyl/N-ethyl adjacent to an activating group) is 1. The molecule has 1 aromatic carbocycles. The van der Waals surface area contributed by atoms with Crippen molar-refractivity contribution < 1.29 is 19.4 Å². The Labute approximate surface area is 173 Å². The van der Waals surface area contributed by atoms with Gasteiger partial charge in [-0.05, 0) is 53.1 Å². The molecule has 1 aliphatic heterocycles. The van der Waals surface area contributed by atoms with Gasteiger partial charge in [-0.1, -0.05) is 6.92 Å². The predicted octanol–water partition coefficient (Wildman–Crippen LogP) is 2.00. The van der Waals surface area contributed by atoms with Crippen molar-refractivity contribution in [1.82, 2.24) is 15.1 Å². The number of hydrogen-bond donors (Lipinski definition) is 3. The molecule has 3 atom stereocenters. The molecule has 0 aliphatic carbocycles. The molecule has 0 saturated heterocycles. The van der Waals surface area contributed by atoms with E-state index in [-0.39, 0.29) is 42.7 Å². The molecule has 8 nitrogen and oxygen atoms in total. The number of aliphatic hydroxyl groups is 1. The number of aliphatic hydroxyl groups excluding tert-OH is 1. The third-order valence-electron chi connectivity index (χ3n) is 4.89. The number of carbonyl (C=O) groups is 2. The first-order valence-corrected chi connectivity index (χ1v) is 10.1. The molecule has 0 aromatic heterocycles. The van der Waals surface area contributed by atoms with Gasteiger partial charge in [-0.25, -0.2) is 4.79 Å².